The molecule has 0 saturated carbocycles. The smallest absolute Gasteiger partial charge is 0.244 e. The molecule has 0 aromatic carbocycles. The third-order valence-electron chi connectivity index (χ3n) is 2.52. The summed E-state index contributed by atoms with van der Waals surface area (Å²) in [7, 11) is -3.65. The number of aliphatic hydroxyl groups excluding tert-OH is 1. The topological polar surface area (TPSA) is 79.5 Å². The van der Waals surface area contributed by atoms with Crippen LogP contribution in [0.5, 0.6) is 0 Å². The maximum Gasteiger partial charge on any atom is 0.244 e. The SMILES string of the molecule is CSCC(C)NS(=O)(=O)c1c(C)oc(C)c1CO. The molecule has 0 bridgehead atoms. The van der Waals surface area contributed by atoms with Crippen molar-refractivity contribution in [3.8, 4) is 0 Å². The second-order valence-corrected chi connectivity index (χ2v) is 6.72. The van der Waals surface area contributed by atoms with Crippen molar-refractivity contribution in [2.45, 2.75) is 38.3 Å². The van der Waals surface area contributed by atoms with Gasteiger partial charge in [0.25, 0.3) is 0 Å². The molecule has 2 N–H and O–H groups in total. The number of aryl methyl sites for hydroxylation is 2. The summed E-state index contributed by atoms with van der Waals surface area (Å²) in [5.74, 6) is 1.43. The molecule has 1 unspecified atom stereocenters. The zero-order chi connectivity index (χ0) is 13.9. The third-order valence-corrected chi connectivity index (χ3v) is 5.14. The molecule has 0 amide bonds. The Balaban J connectivity index is 3.12. The quantitative estimate of drug-likeness (QED) is 0.829. The van der Waals surface area contributed by atoms with Crippen molar-refractivity contribution in [3.05, 3.63) is 17.1 Å². The average Bonchev–Trinajstić information content (AvgIpc) is 2.52. The average molecular weight is 293 g/mol. The Morgan fingerprint density at radius 2 is 2.00 bits per heavy atom. The van der Waals surface area contributed by atoms with E-state index in [9.17, 15) is 13.5 Å². The maximum absolute atomic E-state index is 12.2. The van der Waals surface area contributed by atoms with Gasteiger partial charge in [-0.1, -0.05) is 0 Å². The van der Waals surface area contributed by atoms with E-state index in [1.807, 2.05) is 6.26 Å². The summed E-state index contributed by atoms with van der Waals surface area (Å²) in [6.07, 6.45) is 1.91. The van der Waals surface area contributed by atoms with Crippen LogP contribution in [0.25, 0.3) is 0 Å². The Hall–Kier alpha value is -0.500. The molecule has 1 rings (SSSR count). The first-order valence-corrected chi connectivity index (χ1v) is 8.42. The number of hydrogen-bond donors (Lipinski definition) is 2. The van der Waals surface area contributed by atoms with Crippen molar-refractivity contribution in [3.63, 3.8) is 0 Å². The first kappa shape index (κ1) is 15.6. The van der Waals surface area contributed by atoms with Gasteiger partial charge < -0.3 is 9.52 Å². The Morgan fingerprint density at radius 3 is 2.50 bits per heavy atom. The highest BCUT2D eigenvalue weighted by Gasteiger charge is 2.27. The second-order valence-electron chi connectivity index (χ2n) is 4.16. The summed E-state index contributed by atoms with van der Waals surface area (Å²) < 4.78 is 32.3. The lowest BCUT2D eigenvalue weighted by atomic mass is 10.2. The molecule has 0 spiro atoms. The molecule has 7 heteroatoms. The molecule has 1 aromatic heterocycles. The molecular formula is C11H19NO4S2. The van der Waals surface area contributed by atoms with E-state index < -0.39 is 10.0 Å². The van der Waals surface area contributed by atoms with Crippen LogP contribution in [-0.2, 0) is 16.6 Å². The van der Waals surface area contributed by atoms with E-state index >= 15 is 0 Å². The van der Waals surface area contributed by atoms with E-state index in [0.29, 0.717) is 22.8 Å². The molecule has 1 aromatic rings. The first-order valence-electron chi connectivity index (χ1n) is 5.54. The summed E-state index contributed by atoms with van der Waals surface area (Å²) in [6.45, 7) is 4.67. The van der Waals surface area contributed by atoms with Crippen molar-refractivity contribution < 1.29 is 17.9 Å². The van der Waals surface area contributed by atoms with E-state index in [4.69, 9.17) is 4.42 Å². The van der Waals surface area contributed by atoms with Crippen LogP contribution >= 0.6 is 11.8 Å². The normalized spacial score (nSPS) is 13.8. The van der Waals surface area contributed by atoms with Gasteiger partial charge in [0.2, 0.25) is 10.0 Å². The van der Waals surface area contributed by atoms with E-state index in [2.05, 4.69) is 4.72 Å². The summed E-state index contributed by atoms with van der Waals surface area (Å²) in [6, 6.07) is -0.175. The third kappa shape index (κ3) is 3.28. The van der Waals surface area contributed by atoms with E-state index in [1.165, 1.54) is 0 Å². The largest absolute Gasteiger partial charge is 0.465 e. The van der Waals surface area contributed by atoms with Gasteiger partial charge in [-0.15, -0.1) is 0 Å². The van der Waals surface area contributed by atoms with Gasteiger partial charge in [-0.25, -0.2) is 13.1 Å². The lowest BCUT2D eigenvalue weighted by Crippen LogP contribution is -2.34. The molecule has 0 radical (unpaired) electrons. The molecule has 18 heavy (non-hydrogen) atoms. The lowest BCUT2D eigenvalue weighted by molar-refractivity contribution is 0.276. The predicted octanol–water partition coefficient (Wildman–Crippen LogP) is 1.42. The highest BCUT2D eigenvalue weighted by Crippen LogP contribution is 2.26. The van der Waals surface area contributed by atoms with Gasteiger partial charge in [0, 0.05) is 17.4 Å². The first-order chi connectivity index (χ1) is 8.33. The zero-order valence-electron chi connectivity index (χ0n) is 11.0. The minimum absolute atomic E-state index is 0.0652. The summed E-state index contributed by atoms with van der Waals surface area (Å²) in [4.78, 5) is 0.0652. The number of nitrogens with one attached hydrogen (secondary N) is 1. The van der Waals surface area contributed by atoms with Crippen LogP contribution in [0.15, 0.2) is 9.31 Å². The molecular weight excluding hydrogens is 274 g/mol. The second kappa shape index (κ2) is 6.10. The molecule has 1 atom stereocenters. The van der Waals surface area contributed by atoms with Crippen molar-refractivity contribution in [2.24, 2.45) is 0 Å². The Bertz CT molecular complexity index is 507. The number of rotatable bonds is 6. The van der Waals surface area contributed by atoms with Gasteiger partial charge in [0.15, 0.2) is 0 Å². The van der Waals surface area contributed by atoms with Crippen LogP contribution in [0.4, 0.5) is 0 Å². The molecule has 0 fully saturated rings. The number of furan rings is 1. The molecule has 0 aliphatic rings. The van der Waals surface area contributed by atoms with Crippen LogP contribution in [0.2, 0.25) is 0 Å². The monoisotopic (exact) mass is 293 g/mol. The van der Waals surface area contributed by atoms with Crippen LogP contribution in [-0.4, -0.2) is 31.6 Å². The van der Waals surface area contributed by atoms with Crippen LogP contribution in [0.1, 0.15) is 24.0 Å². The zero-order valence-corrected chi connectivity index (χ0v) is 12.6. The van der Waals surface area contributed by atoms with Crippen molar-refractivity contribution >= 4 is 21.8 Å². The molecule has 0 saturated heterocycles. The van der Waals surface area contributed by atoms with Crippen molar-refractivity contribution in [1.82, 2.24) is 4.72 Å². The fraction of sp³-hybridized carbons (Fsp3) is 0.636. The highest BCUT2D eigenvalue weighted by molar-refractivity contribution is 7.98. The molecule has 104 valence electrons. The number of hydrogen-bond acceptors (Lipinski definition) is 5. The van der Waals surface area contributed by atoms with Crippen LogP contribution in [0.3, 0.4) is 0 Å². The summed E-state index contributed by atoms with van der Waals surface area (Å²) in [5, 5.41) is 9.26. The molecule has 1 heterocycles. The van der Waals surface area contributed by atoms with Gasteiger partial charge in [-0.2, -0.15) is 11.8 Å². The van der Waals surface area contributed by atoms with Gasteiger partial charge in [0.1, 0.15) is 16.4 Å². The van der Waals surface area contributed by atoms with Crippen LogP contribution < -0.4 is 4.72 Å². The Kier molecular flexibility index (Phi) is 5.27. The predicted molar refractivity (Wildman–Crippen MR) is 72.3 cm³/mol. The van der Waals surface area contributed by atoms with Gasteiger partial charge in [0.05, 0.1) is 6.61 Å². The van der Waals surface area contributed by atoms with E-state index in [1.54, 1.807) is 32.5 Å². The maximum atomic E-state index is 12.2. The molecule has 0 aliphatic carbocycles. The summed E-state index contributed by atoms with van der Waals surface area (Å²) >= 11 is 1.57. The minimum Gasteiger partial charge on any atom is -0.465 e. The Morgan fingerprint density at radius 1 is 1.39 bits per heavy atom. The van der Waals surface area contributed by atoms with Gasteiger partial charge in [-0.3, -0.25) is 0 Å². The van der Waals surface area contributed by atoms with Crippen molar-refractivity contribution in [1.29, 1.82) is 0 Å². The fourth-order valence-electron chi connectivity index (χ4n) is 1.85. The van der Waals surface area contributed by atoms with Crippen molar-refractivity contribution in [2.75, 3.05) is 12.0 Å². The van der Waals surface area contributed by atoms with E-state index in [-0.39, 0.29) is 17.5 Å². The van der Waals surface area contributed by atoms with Gasteiger partial charge >= 0.3 is 0 Å². The van der Waals surface area contributed by atoms with Crippen LogP contribution in [0, 0.1) is 13.8 Å². The van der Waals surface area contributed by atoms with Gasteiger partial charge in [-0.05, 0) is 27.0 Å². The fourth-order valence-corrected chi connectivity index (χ4v) is 4.22. The lowest BCUT2D eigenvalue weighted by Gasteiger charge is -2.13. The minimum atomic E-state index is -3.65. The number of sulfonamides is 1. The van der Waals surface area contributed by atoms with E-state index in [0.717, 1.165) is 0 Å². The molecule has 5 nitrogen and oxygen atoms in total. The number of aliphatic hydroxyl groups is 1. The summed E-state index contributed by atoms with van der Waals surface area (Å²) in [5.41, 5.74) is 0.330. The Labute approximate surface area is 112 Å². The number of thioether (sulfide) groups is 1. The highest BCUT2D eigenvalue weighted by atomic mass is 32.2. The standard InChI is InChI=1S/C11H19NO4S2/c1-7(6-17-4)12-18(14,15)11-9(3)16-8(2)10(11)5-13/h7,12-13H,5-6H2,1-4H3. The molecule has 0 aliphatic heterocycles.